The smallest absolute Gasteiger partial charge is 0.407 e. The predicted molar refractivity (Wildman–Crippen MR) is 168 cm³/mol. The Labute approximate surface area is 266 Å². The molecule has 1 saturated carbocycles. The fourth-order valence-electron chi connectivity index (χ4n) is 5.50. The number of nitrogens with zero attached hydrogens (tertiary/aromatic N) is 2. The minimum atomic E-state index is -0.666. The highest BCUT2D eigenvalue weighted by Crippen LogP contribution is 2.40. The quantitative estimate of drug-likeness (QED) is 0.176. The van der Waals surface area contributed by atoms with Crippen molar-refractivity contribution in [3.8, 4) is 17.4 Å². The highest BCUT2D eigenvalue weighted by atomic mass is 16.7. The second-order valence-corrected chi connectivity index (χ2v) is 11.5. The average Bonchev–Trinajstić information content (AvgIpc) is 3.84. The summed E-state index contributed by atoms with van der Waals surface area (Å²) < 4.78 is 29.5. The Balaban J connectivity index is 1.11. The summed E-state index contributed by atoms with van der Waals surface area (Å²) in [6, 6.07) is 20.3. The van der Waals surface area contributed by atoms with Gasteiger partial charge < -0.3 is 34.3 Å². The molecule has 240 valence electrons. The predicted octanol–water partition coefficient (Wildman–Crippen LogP) is 6.24. The van der Waals surface area contributed by atoms with Crippen LogP contribution in [0, 0.1) is 0 Å². The molecule has 2 amide bonds. The van der Waals surface area contributed by atoms with Gasteiger partial charge in [-0.25, -0.2) is 9.78 Å². The largest absolute Gasteiger partial charge is 0.488 e. The molecule has 12 nitrogen and oxygen atoms in total. The lowest BCUT2D eigenvalue weighted by atomic mass is 10.0. The van der Waals surface area contributed by atoms with E-state index in [1.165, 1.54) is 6.20 Å². The molecule has 12 heteroatoms. The normalized spacial score (nSPS) is 18.0. The summed E-state index contributed by atoms with van der Waals surface area (Å²) in [5.74, 6) is 1.39. The number of hydrogen-bond donors (Lipinski definition) is 3. The topological polar surface area (TPSA) is 146 Å². The Morgan fingerprint density at radius 1 is 1.00 bits per heavy atom. The first kappa shape index (κ1) is 31.1. The average molecular weight is 628 g/mol. The third-order valence-electron chi connectivity index (χ3n) is 7.68. The zero-order valence-electron chi connectivity index (χ0n) is 25.7. The number of amides is 2. The van der Waals surface area contributed by atoms with E-state index in [9.17, 15) is 9.59 Å². The molecule has 0 unspecified atom stereocenters. The van der Waals surface area contributed by atoms with Gasteiger partial charge in [0.15, 0.2) is 12.1 Å². The molecule has 0 bridgehead atoms. The molecule has 0 radical (unpaired) electrons. The van der Waals surface area contributed by atoms with Crippen molar-refractivity contribution in [2.75, 3.05) is 18.5 Å². The van der Waals surface area contributed by atoms with Crippen LogP contribution in [0.15, 0.2) is 72.9 Å². The Morgan fingerprint density at radius 3 is 2.61 bits per heavy atom. The number of ether oxygens (including phenoxy) is 5. The highest BCUT2D eigenvalue weighted by Gasteiger charge is 2.30. The van der Waals surface area contributed by atoms with E-state index in [4.69, 9.17) is 23.7 Å². The van der Waals surface area contributed by atoms with Crippen molar-refractivity contribution in [3.05, 3.63) is 95.3 Å². The van der Waals surface area contributed by atoms with Crippen LogP contribution in [0.4, 0.5) is 10.6 Å². The van der Waals surface area contributed by atoms with Crippen LogP contribution in [0.25, 0.3) is 0 Å². The third kappa shape index (κ3) is 7.82. The van der Waals surface area contributed by atoms with Gasteiger partial charge in [0.05, 0.1) is 18.8 Å². The van der Waals surface area contributed by atoms with E-state index in [0.717, 1.165) is 24.1 Å². The van der Waals surface area contributed by atoms with E-state index in [1.807, 2.05) is 62.4 Å². The van der Waals surface area contributed by atoms with Crippen LogP contribution in [0.5, 0.6) is 17.4 Å². The van der Waals surface area contributed by atoms with Crippen LogP contribution in [-0.4, -0.2) is 52.5 Å². The van der Waals surface area contributed by atoms with Crippen LogP contribution in [0.3, 0.4) is 0 Å². The molecule has 4 aromatic rings. The van der Waals surface area contributed by atoms with Gasteiger partial charge in [-0.05, 0) is 56.9 Å². The van der Waals surface area contributed by atoms with Crippen molar-refractivity contribution in [2.24, 2.45) is 0 Å². The summed E-state index contributed by atoms with van der Waals surface area (Å²) in [5.41, 5.74) is 2.84. The number of aromatic nitrogens is 3. The first-order valence-electron chi connectivity index (χ1n) is 15.4. The number of alkyl carbamates (subject to hydrolysis) is 1. The number of pyridine rings is 1. The molecular formula is C34H37N5O7. The molecule has 3 N–H and O–H groups in total. The lowest BCUT2D eigenvalue weighted by Gasteiger charge is -2.19. The molecule has 0 spiro atoms. The second kappa shape index (κ2) is 14.4. The number of benzene rings is 2. The molecule has 1 aliphatic heterocycles. The number of nitrogens with one attached hydrogen (secondary N) is 3. The summed E-state index contributed by atoms with van der Waals surface area (Å²) in [7, 11) is 0. The van der Waals surface area contributed by atoms with E-state index in [0.29, 0.717) is 54.7 Å². The van der Waals surface area contributed by atoms with Crippen molar-refractivity contribution in [3.63, 3.8) is 0 Å². The Kier molecular flexibility index (Phi) is 9.75. The van der Waals surface area contributed by atoms with Gasteiger partial charge in [-0.2, -0.15) is 5.10 Å². The maximum Gasteiger partial charge on any atom is 0.407 e. The van der Waals surface area contributed by atoms with Crippen LogP contribution in [-0.2, 0) is 20.8 Å². The molecule has 46 heavy (non-hydrogen) atoms. The molecule has 2 atom stereocenters. The minimum Gasteiger partial charge on any atom is -0.488 e. The van der Waals surface area contributed by atoms with Gasteiger partial charge in [0.25, 0.3) is 5.91 Å². The maximum atomic E-state index is 13.2. The first-order valence-corrected chi connectivity index (χ1v) is 15.4. The molecular weight excluding hydrogens is 590 g/mol. The third-order valence-corrected chi connectivity index (χ3v) is 7.68. The minimum absolute atomic E-state index is 0.0149. The molecule has 2 aromatic carbocycles. The number of hydrogen-bond acceptors (Lipinski definition) is 9. The number of rotatable bonds is 11. The molecule has 2 aromatic heterocycles. The van der Waals surface area contributed by atoms with Gasteiger partial charge in [0.1, 0.15) is 24.2 Å². The van der Waals surface area contributed by atoms with Crippen molar-refractivity contribution < 1.29 is 33.3 Å². The maximum absolute atomic E-state index is 13.2. The summed E-state index contributed by atoms with van der Waals surface area (Å²) in [5, 5.41) is 12.9. The summed E-state index contributed by atoms with van der Waals surface area (Å²) in [4.78, 5) is 29.5. The Hall–Kier alpha value is -4.94. The fraction of sp³-hybridized carbons (Fsp3) is 0.353. The Bertz CT molecular complexity index is 1640. The number of carbonyl (C=O) groups is 2. The SMILES string of the molecule is CC(C)NC(=O)O[C@@H]1CC[C@H](c2cc(NC(=O)c3ccnc(Oc4cccc(OCc5ccccc5)c4C4OCCO4)c3)n[nH]2)C1. The van der Waals surface area contributed by atoms with Crippen LogP contribution >= 0.6 is 0 Å². The van der Waals surface area contributed by atoms with Crippen molar-refractivity contribution in [2.45, 2.75) is 64.1 Å². The van der Waals surface area contributed by atoms with Gasteiger partial charge in [-0.3, -0.25) is 9.89 Å². The first-order chi connectivity index (χ1) is 22.4. The van der Waals surface area contributed by atoms with Gasteiger partial charge in [-0.1, -0.05) is 36.4 Å². The van der Waals surface area contributed by atoms with Crippen molar-refractivity contribution >= 4 is 17.8 Å². The number of carbonyl (C=O) groups excluding carboxylic acids is 2. The zero-order chi connectivity index (χ0) is 31.9. The zero-order valence-corrected chi connectivity index (χ0v) is 25.7. The van der Waals surface area contributed by atoms with Crippen LogP contribution in [0.2, 0.25) is 0 Å². The molecule has 6 rings (SSSR count). The number of anilines is 1. The van der Waals surface area contributed by atoms with Gasteiger partial charge >= 0.3 is 6.09 Å². The summed E-state index contributed by atoms with van der Waals surface area (Å²) in [6.07, 6.45) is 2.57. The van der Waals surface area contributed by atoms with Crippen LogP contribution in [0.1, 0.15) is 72.5 Å². The lowest BCUT2D eigenvalue weighted by molar-refractivity contribution is -0.0470. The van der Waals surface area contributed by atoms with Gasteiger partial charge in [-0.15, -0.1) is 0 Å². The number of H-pyrrole nitrogens is 1. The van der Waals surface area contributed by atoms with E-state index >= 15 is 0 Å². The molecule has 2 aliphatic rings. The standard InChI is InChI=1S/C34H37N5O7/c1-21(2)36-34(41)45-25-12-11-23(17-25)26-19-29(39-38-26)37-32(40)24-13-14-35-30(18-24)46-28-10-6-9-27(31(28)33-42-15-16-43-33)44-20-22-7-4-3-5-8-22/h3-10,13-14,18-19,21,23,25,33H,11-12,15-17,20H2,1-2H3,(H,36,41)(H2,37,38,39,40)/t23-,25+/m0/s1. The van der Waals surface area contributed by atoms with E-state index in [-0.39, 0.29) is 29.9 Å². The second-order valence-electron chi connectivity index (χ2n) is 11.5. The molecule has 2 fully saturated rings. The fourth-order valence-corrected chi connectivity index (χ4v) is 5.50. The van der Waals surface area contributed by atoms with E-state index < -0.39 is 12.4 Å². The summed E-state index contributed by atoms with van der Waals surface area (Å²) >= 11 is 0. The van der Waals surface area contributed by atoms with Crippen LogP contribution < -0.4 is 20.1 Å². The van der Waals surface area contributed by atoms with Gasteiger partial charge in [0.2, 0.25) is 5.88 Å². The summed E-state index contributed by atoms with van der Waals surface area (Å²) in [6.45, 7) is 5.03. The molecule has 1 aliphatic carbocycles. The van der Waals surface area contributed by atoms with Crippen molar-refractivity contribution in [1.29, 1.82) is 0 Å². The molecule has 3 heterocycles. The van der Waals surface area contributed by atoms with E-state index in [2.05, 4.69) is 25.8 Å². The van der Waals surface area contributed by atoms with Crippen molar-refractivity contribution in [1.82, 2.24) is 20.5 Å². The number of aromatic amines is 1. The van der Waals surface area contributed by atoms with E-state index in [1.54, 1.807) is 18.2 Å². The van der Waals surface area contributed by atoms with Gasteiger partial charge in [0, 0.05) is 41.5 Å². The Morgan fingerprint density at radius 2 is 1.80 bits per heavy atom. The lowest BCUT2D eigenvalue weighted by Crippen LogP contribution is -2.33. The molecule has 1 saturated heterocycles. The monoisotopic (exact) mass is 627 g/mol. The highest BCUT2D eigenvalue weighted by molar-refractivity contribution is 6.03.